The van der Waals surface area contributed by atoms with Gasteiger partial charge in [-0.05, 0) is 24.0 Å². The Morgan fingerprint density at radius 2 is 1.54 bits per heavy atom. The summed E-state index contributed by atoms with van der Waals surface area (Å²) in [4.78, 5) is 11.8. The second-order valence-electron chi connectivity index (χ2n) is 6.76. The molecule has 1 aliphatic rings. The van der Waals surface area contributed by atoms with E-state index in [0.29, 0.717) is 0 Å². The van der Waals surface area contributed by atoms with E-state index in [1.54, 1.807) is 6.92 Å². The topological polar surface area (TPSA) is 60.8 Å². The summed E-state index contributed by atoms with van der Waals surface area (Å²) in [5.41, 5.74) is 1.63. The molecule has 0 aliphatic carbocycles. The number of likely N-dealkylation sites (tertiary alicyclic amines) is 1. The Morgan fingerprint density at radius 3 is 2.04 bits per heavy atom. The van der Waals surface area contributed by atoms with E-state index in [-0.39, 0.29) is 18.8 Å². The standard InChI is InChI=1S/C20H23NO.C3H6O2.ClH/c22-20(19-11-5-2-6-12-19)13-16-21(17-14-20)15-7-10-18-8-3-1-4-9-18;1-2-3(4)5;/h1-12,22H,13-17H2;2H2,1H3,(H,4,5);1H/b10-7+;;. The lowest BCUT2D eigenvalue weighted by Gasteiger charge is -2.38. The van der Waals surface area contributed by atoms with Gasteiger partial charge in [0.25, 0.3) is 0 Å². The lowest BCUT2D eigenvalue weighted by molar-refractivity contribution is -0.136. The molecule has 0 amide bonds. The highest BCUT2D eigenvalue weighted by Gasteiger charge is 2.33. The first kappa shape index (κ1) is 23.9. The van der Waals surface area contributed by atoms with Gasteiger partial charge in [0.05, 0.1) is 5.60 Å². The fraction of sp³-hybridized carbons (Fsp3) is 0.348. The highest BCUT2D eigenvalue weighted by Crippen LogP contribution is 2.32. The number of carboxylic acids is 1. The SMILES string of the molecule is CCC(=O)O.Cl.OC1(c2ccccc2)CCN(C/C=C/c2ccccc2)CC1. The predicted octanol–water partition coefficient (Wildman–Crippen LogP) is 4.59. The van der Waals surface area contributed by atoms with Crippen molar-refractivity contribution in [3.63, 3.8) is 0 Å². The molecular weight excluding hydrogens is 374 g/mol. The van der Waals surface area contributed by atoms with Crippen LogP contribution in [0.2, 0.25) is 0 Å². The smallest absolute Gasteiger partial charge is 0.303 e. The average molecular weight is 404 g/mol. The van der Waals surface area contributed by atoms with Crippen molar-refractivity contribution in [1.82, 2.24) is 4.90 Å². The molecule has 4 nitrogen and oxygen atoms in total. The van der Waals surface area contributed by atoms with Crippen LogP contribution in [0.25, 0.3) is 6.08 Å². The number of nitrogens with zero attached hydrogens (tertiary/aromatic N) is 1. The Morgan fingerprint density at radius 1 is 1.04 bits per heavy atom. The highest BCUT2D eigenvalue weighted by atomic mass is 35.5. The molecule has 1 heterocycles. The summed E-state index contributed by atoms with van der Waals surface area (Å²) in [5, 5.41) is 18.5. The Kier molecular flexibility index (Phi) is 10.5. The van der Waals surface area contributed by atoms with Gasteiger partial charge in [0, 0.05) is 26.1 Å². The van der Waals surface area contributed by atoms with Gasteiger partial charge in [0.1, 0.15) is 0 Å². The maximum absolute atomic E-state index is 10.8. The molecule has 1 saturated heterocycles. The Balaban J connectivity index is 0.000000584. The second kappa shape index (κ2) is 12.3. The van der Waals surface area contributed by atoms with Gasteiger partial charge >= 0.3 is 5.97 Å². The van der Waals surface area contributed by atoms with Crippen LogP contribution in [0.3, 0.4) is 0 Å². The van der Waals surface area contributed by atoms with Crippen molar-refractivity contribution in [3.05, 3.63) is 77.9 Å². The molecule has 28 heavy (non-hydrogen) atoms. The molecular formula is C23H30ClNO3. The first-order chi connectivity index (χ1) is 13.0. The van der Waals surface area contributed by atoms with Crippen LogP contribution in [0.5, 0.6) is 0 Å². The summed E-state index contributed by atoms with van der Waals surface area (Å²) in [5.74, 6) is -0.745. The first-order valence-electron chi connectivity index (χ1n) is 9.47. The van der Waals surface area contributed by atoms with E-state index in [1.165, 1.54) is 5.56 Å². The third kappa shape index (κ3) is 7.85. The molecule has 0 saturated carbocycles. The molecule has 1 fully saturated rings. The van der Waals surface area contributed by atoms with Gasteiger partial charge in [-0.3, -0.25) is 9.69 Å². The van der Waals surface area contributed by atoms with E-state index in [1.807, 2.05) is 36.4 Å². The van der Waals surface area contributed by atoms with Crippen LogP contribution in [0.1, 0.15) is 37.3 Å². The third-order valence-electron chi connectivity index (χ3n) is 4.77. The summed E-state index contributed by atoms with van der Waals surface area (Å²) in [6.45, 7) is 4.41. The molecule has 0 aromatic heterocycles. The van der Waals surface area contributed by atoms with Crippen molar-refractivity contribution >= 4 is 24.5 Å². The van der Waals surface area contributed by atoms with E-state index in [9.17, 15) is 9.90 Å². The van der Waals surface area contributed by atoms with Gasteiger partial charge in [-0.15, -0.1) is 12.4 Å². The first-order valence-corrected chi connectivity index (χ1v) is 9.47. The zero-order valence-corrected chi connectivity index (χ0v) is 17.1. The molecule has 2 aromatic rings. The van der Waals surface area contributed by atoms with Crippen LogP contribution in [0.15, 0.2) is 66.7 Å². The Labute approximate surface area is 173 Å². The zero-order valence-electron chi connectivity index (χ0n) is 16.3. The number of hydrogen-bond acceptors (Lipinski definition) is 3. The number of rotatable bonds is 5. The zero-order chi connectivity index (χ0) is 19.5. The van der Waals surface area contributed by atoms with E-state index >= 15 is 0 Å². The van der Waals surface area contributed by atoms with Crippen LogP contribution in [0, 0.1) is 0 Å². The molecule has 5 heteroatoms. The minimum absolute atomic E-state index is 0. The summed E-state index contributed by atoms with van der Waals surface area (Å²) < 4.78 is 0. The number of hydrogen-bond donors (Lipinski definition) is 2. The lowest BCUT2D eigenvalue weighted by Crippen LogP contribution is -2.42. The minimum atomic E-state index is -0.745. The average Bonchev–Trinajstić information content (AvgIpc) is 2.71. The van der Waals surface area contributed by atoms with Gasteiger partial charge in [-0.25, -0.2) is 0 Å². The quantitative estimate of drug-likeness (QED) is 0.766. The molecule has 0 unspecified atom stereocenters. The Bertz CT molecular complexity index is 711. The molecule has 1 aliphatic heterocycles. The van der Waals surface area contributed by atoms with Gasteiger partial charge in [-0.1, -0.05) is 79.7 Å². The molecule has 3 rings (SSSR count). The lowest BCUT2D eigenvalue weighted by atomic mass is 9.84. The van der Waals surface area contributed by atoms with Gasteiger partial charge in [0.15, 0.2) is 0 Å². The van der Waals surface area contributed by atoms with E-state index in [0.717, 1.165) is 38.0 Å². The van der Waals surface area contributed by atoms with Crippen molar-refractivity contribution < 1.29 is 15.0 Å². The molecule has 152 valence electrons. The summed E-state index contributed by atoms with van der Waals surface area (Å²) in [6.07, 6.45) is 6.20. The van der Waals surface area contributed by atoms with Crippen molar-refractivity contribution in [2.45, 2.75) is 31.8 Å². The van der Waals surface area contributed by atoms with Crippen LogP contribution < -0.4 is 0 Å². The third-order valence-corrected chi connectivity index (χ3v) is 4.77. The number of piperidine rings is 1. The summed E-state index contributed by atoms with van der Waals surface area (Å²) in [7, 11) is 0. The predicted molar refractivity (Wildman–Crippen MR) is 117 cm³/mol. The van der Waals surface area contributed by atoms with Crippen LogP contribution >= 0.6 is 12.4 Å². The highest BCUT2D eigenvalue weighted by molar-refractivity contribution is 5.85. The number of aliphatic hydroxyl groups is 1. The van der Waals surface area contributed by atoms with Crippen LogP contribution in [-0.4, -0.2) is 40.7 Å². The number of aliphatic carboxylic acids is 1. The molecule has 0 spiro atoms. The summed E-state index contributed by atoms with van der Waals surface area (Å²) in [6, 6.07) is 20.4. The number of benzene rings is 2. The van der Waals surface area contributed by atoms with Crippen LogP contribution in [0.4, 0.5) is 0 Å². The Hall–Kier alpha value is -2.14. The monoisotopic (exact) mass is 403 g/mol. The van der Waals surface area contributed by atoms with Crippen molar-refractivity contribution in [2.75, 3.05) is 19.6 Å². The van der Waals surface area contributed by atoms with Gasteiger partial charge in [0.2, 0.25) is 0 Å². The maximum atomic E-state index is 10.8. The molecule has 0 radical (unpaired) electrons. The van der Waals surface area contributed by atoms with E-state index in [4.69, 9.17) is 5.11 Å². The van der Waals surface area contributed by atoms with Gasteiger partial charge < -0.3 is 10.2 Å². The number of halogens is 1. The van der Waals surface area contributed by atoms with Crippen molar-refractivity contribution in [1.29, 1.82) is 0 Å². The molecule has 0 atom stereocenters. The van der Waals surface area contributed by atoms with E-state index in [2.05, 4.69) is 41.3 Å². The largest absolute Gasteiger partial charge is 0.481 e. The normalized spacial score (nSPS) is 15.9. The maximum Gasteiger partial charge on any atom is 0.303 e. The fourth-order valence-electron chi connectivity index (χ4n) is 3.04. The van der Waals surface area contributed by atoms with Crippen molar-refractivity contribution in [3.8, 4) is 0 Å². The van der Waals surface area contributed by atoms with Gasteiger partial charge in [-0.2, -0.15) is 0 Å². The second-order valence-corrected chi connectivity index (χ2v) is 6.76. The minimum Gasteiger partial charge on any atom is -0.481 e. The van der Waals surface area contributed by atoms with E-state index < -0.39 is 11.6 Å². The fourth-order valence-corrected chi connectivity index (χ4v) is 3.04. The summed E-state index contributed by atoms with van der Waals surface area (Å²) >= 11 is 0. The molecule has 2 aromatic carbocycles. The molecule has 2 N–H and O–H groups in total. The number of carboxylic acid groups (broad SMARTS) is 1. The number of carbonyl (C=O) groups is 1. The van der Waals surface area contributed by atoms with Crippen LogP contribution in [-0.2, 0) is 10.4 Å². The molecule has 0 bridgehead atoms. The van der Waals surface area contributed by atoms with Crippen molar-refractivity contribution in [2.24, 2.45) is 0 Å².